The van der Waals surface area contributed by atoms with E-state index in [4.69, 9.17) is 9.47 Å². The smallest absolute Gasteiger partial charge is 0.255 e. The fraction of sp³-hybridized carbons (Fsp3) is 0.368. The molecule has 5 heteroatoms. The summed E-state index contributed by atoms with van der Waals surface area (Å²) in [5, 5.41) is 0. The summed E-state index contributed by atoms with van der Waals surface area (Å²) < 4.78 is 10.5. The maximum atomic E-state index is 12.8. The predicted molar refractivity (Wildman–Crippen MR) is 91.4 cm³/mol. The Labute approximate surface area is 142 Å². The van der Waals surface area contributed by atoms with Crippen LogP contribution in [0, 0.1) is 0 Å². The minimum absolute atomic E-state index is 0.0153. The molecule has 0 spiro atoms. The number of aromatic nitrogens is 1. The van der Waals surface area contributed by atoms with Crippen LogP contribution in [-0.2, 0) is 0 Å². The monoisotopic (exact) mass is 326 g/mol. The van der Waals surface area contributed by atoms with Crippen molar-refractivity contribution in [1.29, 1.82) is 0 Å². The first-order valence-electron chi connectivity index (χ1n) is 8.26. The van der Waals surface area contributed by atoms with E-state index in [1.54, 1.807) is 25.4 Å². The molecule has 5 nitrogen and oxygen atoms in total. The van der Waals surface area contributed by atoms with Gasteiger partial charge in [-0.15, -0.1) is 0 Å². The summed E-state index contributed by atoms with van der Waals surface area (Å²) in [5.41, 5.74) is 1.74. The molecule has 2 heterocycles. The molecule has 0 radical (unpaired) electrons. The Morgan fingerprint density at radius 3 is 2.67 bits per heavy atom. The van der Waals surface area contributed by atoms with Gasteiger partial charge in [0.2, 0.25) is 5.88 Å². The van der Waals surface area contributed by atoms with Gasteiger partial charge in [0.15, 0.2) is 0 Å². The molecule has 3 rings (SSSR count). The van der Waals surface area contributed by atoms with Crippen molar-refractivity contribution in [3.63, 3.8) is 0 Å². The molecule has 0 N–H and O–H groups in total. The summed E-state index contributed by atoms with van der Waals surface area (Å²) in [6, 6.07) is 11.6. The van der Waals surface area contributed by atoms with E-state index < -0.39 is 0 Å². The maximum Gasteiger partial charge on any atom is 0.255 e. The number of carbonyl (C=O) groups is 1. The molecule has 2 aromatic rings. The van der Waals surface area contributed by atoms with E-state index in [1.165, 1.54) is 0 Å². The molecule has 1 fully saturated rings. The van der Waals surface area contributed by atoms with Gasteiger partial charge in [0.05, 0.1) is 25.3 Å². The van der Waals surface area contributed by atoms with E-state index in [-0.39, 0.29) is 11.9 Å². The van der Waals surface area contributed by atoms with Gasteiger partial charge in [-0.2, -0.15) is 0 Å². The largest absolute Gasteiger partial charge is 0.494 e. The van der Waals surface area contributed by atoms with Crippen LogP contribution in [0.4, 0.5) is 0 Å². The van der Waals surface area contributed by atoms with Crippen LogP contribution in [0.2, 0.25) is 0 Å². The summed E-state index contributed by atoms with van der Waals surface area (Å²) in [4.78, 5) is 18.9. The summed E-state index contributed by atoms with van der Waals surface area (Å²) in [6.45, 7) is 3.38. The van der Waals surface area contributed by atoms with Gasteiger partial charge >= 0.3 is 0 Å². The molecular formula is C19H22N2O3. The van der Waals surface area contributed by atoms with Gasteiger partial charge in [-0.05, 0) is 43.5 Å². The standard InChI is InChI=1S/C19H22N2O3/c1-3-24-16-9-6-14(7-10-16)17-5-4-12-21(17)19(22)15-8-11-18(23-2)20-13-15/h6-11,13,17H,3-5,12H2,1-2H3/t17-/m1/s1. The molecule has 24 heavy (non-hydrogen) atoms. The molecular weight excluding hydrogens is 304 g/mol. The molecule has 126 valence electrons. The van der Waals surface area contributed by atoms with Crippen LogP contribution in [0.3, 0.4) is 0 Å². The minimum atomic E-state index is 0.0153. The van der Waals surface area contributed by atoms with Gasteiger partial charge in [-0.1, -0.05) is 12.1 Å². The van der Waals surface area contributed by atoms with Crippen LogP contribution >= 0.6 is 0 Å². The summed E-state index contributed by atoms with van der Waals surface area (Å²) in [5.74, 6) is 1.38. The van der Waals surface area contributed by atoms with Crippen molar-refractivity contribution in [3.05, 3.63) is 53.7 Å². The molecule has 0 aliphatic carbocycles. The van der Waals surface area contributed by atoms with Crippen LogP contribution in [0.25, 0.3) is 0 Å². The van der Waals surface area contributed by atoms with Crippen LogP contribution < -0.4 is 9.47 Å². The zero-order valence-electron chi connectivity index (χ0n) is 14.1. The number of nitrogens with zero attached hydrogens (tertiary/aromatic N) is 2. The molecule has 1 aromatic heterocycles. The lowest BCUT2D eigenvalue weighted by Gasteiger charge is -2.25. The molecule has 0 unspecified atom stereocenters. The molecule has 1 amide bonds. The van der Waals surface area contributed by atoms with Crippen molar-refractivity contribution in [2.75, 3.05) is 20.3 Å². The van der Waals surface area contributed by atoms with Gasteiger partial charge in [0.25, 0.3) is 5.91 Å². The quantitative estimate of drug-likeness (QED) is 0.844. The average Bonchev–Trinajstić information content (AvgIpc) is 3.12. The zero-order valence-corrected chi connectivity index (χ0v) is 14.1. The third kappa shape index (κ3) is 3.35. The second-order valence-corrected chi connectivity index (χ2v) is 5.75. The second-order valence-electron chi connectivity index (χ2n) is 5.75. The Bertz CT molecular complexity index is 683. The Morgan fingerprint density at radius 2 is 2.04 bits per heavy atom. The van der Waals surface area contributed by atoms with Crippen molar-refractivity contribution in [2.24, 2.45) is 0 Å². The third-order valence-electron chi connectivity index (χ3n) is 4.28. The number of methoxy groups -OCH3 is 1. The normalized spacial score (nSPS) is 16.9. The van der Waals surface area contributed by atoms with Gasteiger partial charge in [-0.3, -0.25) is 4.79 Å². The Kier molecular flexibility index (Phi) is 4.99. The Hall–Kier alpha value is -2.56. The van der Waals surface area contributed by atoms with Crippen LogP contribution in [-0.4, -0.2) is 36.1 Å². The molecule has 1 aliphatic rings. The number of hydrogen-bond acceptors (Lipinski definition) is 4. The predicted octanol–water partition coefficient (Wildman–Crippen LogP) is 3.47. The highest BCUT2D eigenvalue weighted by Crippen LogP contribution is 2.33. The number of likely N-dealkylation sites (tertiary alicyclic amines) is 1. The number of benzene rings is 1. The van der Waals surface area contributed by atoms with Crippen LogP contribution in [0.5, 0.6) is 11.6 Å². The molecule has 1 saturated heterocycles. The summed E-state index contributed by atoms with van der Waals surface area (Å²) >= 11 is 0. The van der Waals surface area contributed by atoms with Crippen molar-refractivity contribution in [2.45, 2.75) is 25.8 Å². The van der Waals surface area contributed by atoms with Crippen LogP contribution in [0.15, 0.2) is 42.6 Å². The highest BCUT2D eigenvalue weighted by molar-refractivity contribution is 5.94. The lowest BCUT2D eigenvalue weighted by Crippen LogP contribution is -2.30. The molecule has 0 saturated carbocycles. The minimum Gasteiger partial charge on any atom is -0.494 e. The van der Waals surface area contributed by atoms with Crippen molar-refractivity contribution in [3.8, 4) is 11.6 Å². The maximum absolute atomic E-state index is 12.8. The number of carbonyl (C=O) groups excluding carboxylic acids is 1. The van der Waals surface area contributed by atoms with Crippen molar-refractivity contribution < 1.29 is 14.3 Å². The van der Waals surface area contributed by atoms with Gasteiger partial charge in [0.1, 0.15) is 5.75 Å². The van der Waals surface area contributed by atoms with E-state index in [2.05, 4.69) is 4.98 Å². The van der Waals surface area contributed by atoms with Gasteiger partial charge in [0, 0.05) is 18.8 Å². The molecule has 1 atom stereocenters. The molecule has 1 aromatic carbocycles. The van der Waals surface area contributed by atoms with Crippen LogP contribution in [0.1, 0.15) is 41.7 Å². The molecule has 1 aliphatic heterocycles. The van der Waals surface area contributed by atoms with Gasteiger partial charge in [-0.25, -0.2) is 4.98 Å². The number of hydrogen-bond donors (Lipinski definition) is 0. The fourth-order valence-corrected chi connectivity index (χ4v) is 3.10. The number of rotatable bonds is 5. The molecule has 0 bridgehead atoms. The highest BCUT2D eigenvalue weighted by atomic mass is 16.5. The van der Waals surface area contributed by atoms with E-state index >= 15 is 0 Å². The number of pyridine rings is 1. The number of amides is 1. The first-order valence-corrected chi connectivity index (χ1v) is 8.26. The Morgan fingerprint density at radius 1 is 1.25 bits per heavy atom. The number of ether oxygens (including phenoxy) is 2. The third-order valence-corrected chi connectivity index (χ3v) is 4.28. The highest BCUT2D eigenvalue weighted by Gasteiger charge is 2.30. The van der Waals surface area contributed by atoms with Gasteiger partial charge < -0.3 is 14.4 Å². The van der Waals surface area contributed by atoms with Crippen molar-refractivity contribution >= 4 is 5.91 Å². The van der Waals surface area contributed by atoms with E-state index in [1.807, 2.05) is 36.1 Å². The SMILES string of the molecule is CCOc1ccc([C@H]2CCCN2C(=O)c2ccc(OC)nc2)cc1. The topological polar surface area (TPSA) is 51.7 Å². The van der Waals surface area contributed by atoms with E-state index in [0.29, 0.717) is 18.1 Å². The first kappa shape index (κ1) is 16.3. The van der Waals surface area contributed by atoms with E-state index in [9.17, 15) is 4.79 Å². The van der Waals surface area contributed by atoms with E-state index in [0.717, 1.165) is 30.7 Å². The fourth-order valence-electron chi connectivity index (χ4n) is 3.10. The summed E-state index contributed by atoms with van der Waals surface area (Å²) in [6.07, 6.45) is 3.56. The Balaban J connectivity index is 1.77. The second kappa shape index (κ2) is 7.34. The lowest BCUT2D eigenvalue weighted by molar-refractivity contribution is 0.0735. The zero-order chi connectivity index (χ0) is 16.9. The van der Waals surface area contributed by atoms with Crippen molar-refractivity contribution in [1.82, 2.24) is 9.88 Å². The average molecular weight is 326 g/mol. The lowest BCUT2D eigenvalue weighted by atomic mass is 10.0. The summed E-state index contributed by atoms with van der Waals surface area (Å²) in [7, 11) is 1.56. The first-order chi connectivity index (χ1) is 11.7.